The van der Waals surface area contributed by atoms with E-state index in [-0.39, 0.29) is 29.5 Å². The molecular weight excluding hydrogens is 332 g/mol. The lowest BCUT2D eigenvalue weighted by molar-refractivity contribution is -0.124. The van der Waals surface area contributed by atoms with Crippen molar-refractivity contribution in [1.29, 1.82) is 0 Å². The Balaban J connectivity index is 1.43. The molecule has 2 atom stereocenters. The van der Waals surface area contributed by atoms with Crippen LogP contribution in [-0.2, 0) is 16.0 Å². The van der Waals surface area contributed by atoms with Gasteiger partial charge in [0.25, 0.3) is 0 Å². The monoisotopic (exact) mass is 352 g/mol. The number of hydrogen-bond donors (Lipinski definition) is 2. The van der Waals surface area contributed by atoms with Gasteiger partial charge in [-0.25, -0.2) is 0 Å². The number of anilines is 1. The molecule has 5 heteroatoms. The molecule has 2 aromatic carbocycles. The van der Waals surface area contributed by atoms with Gasteiger partial charge in [-0.3, -0.25) is 9.59 Å². The first-order valence-electron chi connectivity index (χ1n) is 8.64. The molecule has 4 nitrogen and oxygen atoms in total. The minimum absolute atomic E-state index is 0.0568. The predicted molar refractivity (Wildman–Crippen MR) is 99.6 cm³/mol. The summed E-state index contributed by atoms with van der Waals surface area (Å²) >= 11 is 1.47. The van der Waals surface area contributed by atoms with E-state index in [1.807, 2.05) is 36.4 Å². The second-order valence-corrected chi connectivity index (χ2v) is 7.75. The summed E-state index contributed by atoms with van der Waals surface area (Å²) in [6, 6.07) is 16.0. The van der Waals surface area contributed by atoms with Crippen molar-refractivity contribution in [3.8, 4) is 0 Å². The quantitative estimate of drug-likeness (QED) is 0.886. The average molecular weight is 352 g/mol. The molecule has 1 aliphatic heterocycles. The average Bonchev–Trinajstić information content (AvgIpc) is 2.63. The summed E-state index contributed by atoms with van der Waals surface area (Å²) < 4.78 is 0. The molecule has 2 aliphatic rings. The van der Waals surface area contributed by atoms with E-state index in [0.29, 0.717) is 0 Å². The molecule has 2 amide bonds. The highest BCUT2D eigenvalue weighted by molar-refractivity contribution is 8.01. The summed E-state index contributed by atoms with van der Waals surface area (Å²) in [7, 11) is 0. The molecule has 0 aromatic heterocycles. The first-order valence-corrected chi connectivity index (χ1v) is 9.52. The minimum Gasteiger partial charge on any atom is -0.349 e. The third-order valence-electron chi connectivity index (χ3n) is 4.78. The summed E-state index contributed by atoms with van der Waals surface area (Å²) in [4.78, 5) is 25.8. The Labute approximate surface area is 151 Å². The SMILES string of the molecule is O=C(C[C@@H]1Sc2ccccc2NC1=O)N[C@H]1CCCc2ccccc21. The number of aryl methyl sites for hydroxylation is 1. The van der Waals surface area contributed by atoms with Gasteiger partial charge < -0.3 is 10.6 Å². The Kier molecular flexibility index (Phi) is 4.49. The van der Waals surface area contributed by atoms with Crippen LogP contribution >= 0.6 is 11.8 Å². The van der Waals surface area contributed by atoms with Crippen LogP contribution in [0.1, 0.15) is 36.4 Å². The fourth-order valence-electron chi connectivity index (χ4n) is 3.55. The van der Waals surface area contributed by atoms with Crippen LogP contribution in [0.25, 0.3) is 0 Å². The zero-order valence-electron chi connectivity index (χ0n) is 13.8. The van der Waals surface area contributed by atoms with Crippen molar-refractivity contribution in [1.82, 2.24) is 5.32 Å². The maximum atomic E-state index is 12.5. The van der Waals surface area contributed by atoms with E-state index in [9.17, 15) is 9.59 Å². The summed E-state index contributed by atoms with van der Waals surface area (Å²) in [5.74, 6) is -0.156. The molecular formula is C20H20N2O2S. The highest BCUT2D eigenvalue weighted by Gasteiger charge is 2.30. The van der Waals surface area contributed by atoms with Crippen molar-refractivity contribution in [3.63, 3.8) is 0 Å². The third kappa shape index (κ3) is 3.42. The lowest BCUT2D eigenvalue weighted by Crippen LogP contribution is -2.37. The molecule has 4 rings (SSSR count). The standard InChI is InChI=1S/C20H20N2O2S/c23-19(21-15-10-5-7-13-6-1-2-8-14(13)15)12-18-20(24)22-16-9-3-4-11-17(16)25-18/h1-4,6,8-9,11,15,18H,5,7,10,12H2,(H,21,23)(H,22,24)/t15-,18-/m0/s1. The van der Waals surface area contributed by atoms with Gasteiger partial charge in [0.15, 0.2) is 0 Å². The lowest BCUT2D eigenvalue weighted by atomic mass is 9.87. The highest BCUT2D eigenvalue weighted by atomic mass is 32.2. The number of carbonyl (C=O) groups excluding carboxylic acids is 2. The van der Waals surface area contributed by atoms with Crippen molar-refractivity contribution in [2.75, 3.05) is 5.32 Å². The van der Waals surface area contributed by atoms with Crippen molar-refractivity contribution in [3.05, 3.63) is 59.7 Å². The van der Waals surface area contributed by atoms with Gasteiger partial charge in [-0.15, -0.1) is 11.8 Å². The minimum atomic E-state index is -0.381. The first-order chi connectivity index (χ1) is 12.2. The van der Waals surface area contributed by atoms with Crippen LogP contribution in [0.3, 0.4) is 0 Å². The van der Waals surface area contributed by atoms with E-state index in [1.165, 1.54) is 22.9 Å². The zero-order chi connectivity index (χ0) is 17.2. The number of carbonyl (C=O) groups is 2. The van der Waals surface area contributed by atoms with Crippen molar-refractivity contribution >= 4 is 29.3 Å². The second-order valence-electron chi connectivity index (χ2n) is 6.51. The lowest BCUT2D eigenvalue weighted by Gasteiger charge is -2.28. The molecule has 0 unspecified atom stereocenters. The molecule has 0 radical (unpaired) electrons. The summed E-state index contributed by atoms with van der Waals surface area (Å²) in [6.07, 6.45) is 3.30. The van der Waals surface area contributed by atoms with Crippen LogP contribution in [0, 0.1) is 0 Å². The van der Waals surface area contributed by atoms with Crippen LogP contribution < -0.4 is 10.6 Å². The molecule has 1 aliphatic carbocycles. The van der Waals surface area contributed by atoms with E-state index in [4.69, 9.17) is 0 Å². The Morgan fingerprint density at radius 2 is 1.96 bits per heavy atom. The Morgan fingerprint density at radius 1 is 1.16 bits per heavy atom. The van der Waals surface area contributed by atoms with Crippen molar-refractivity contribution in [2.24, 2.45) is 0 Å². The zero-order valence-corrected chi connectivity index (χ0v) is 14.6. The number of amides is 2. The number of nitrogens with one attached hydrogen (secondary N) is 2. The molecule has 0 bridgehead atoms. The topological polar surface area (TPSA) is 58.2 Å². The maximum Gasteiger partial charge on any atom is 0.238 e. The Bertz CT molecular complexity index is 821. The molecule has 128 valence electrons. The first kappa shape index (κ1) is 16.2. The molecule has 25 heavy (non-hydrogen) atoms. The number of thioether (sulfide) groups is 1. The van der Waals surface area contributed by atoms with Crippen molar-refractivity contribution < 1.29 is 9.59 Å². The highest BCUT2D eigenvalue weighted by Crippen LogP contribution is 2.37. The van der Waals surface area contributed by atoms with E-state index in [1.54, 1.807) is 0 Å². The van der Waals surface area contributed by atoms with Gasteiger partial charge in [-0.2, -0.15) is 0 Å². The van der Waals surface area contributed by atoms with Gasteiger partial charge in [-0.05, 0) is 42.5 Å². The predicted octanol–water partition coefficient (Wildman–Crippen LogP) is 3.68. The van der Waals surface area contributed by atoms with Gasteiger partial charge in [0.05, 0.1) is 17.0 Å². The van der Waals surface area contributed by atoms with E-state index in [0.717, 1.165) is 29.8 Å². The Hall–Kier alpha value is -2.27. The number of hydrogen-bond acceptors (Lipinski definition) is 3. The number of fused-ring (bicyclic) bond motifs is 2. The molecule has 0 spiro atoms. The maximum absolute atomic E-state index is 12.5. The summed E-state index contributed by atoms with van der Waals surface area (Å²) in [5.41, 5.74) is 3.36. The molecule has 0 saturated heterocycles. The van der Waals surface area contributed by atoms with Gasteiger partial charge >= 0.3 is 0 Å². The molecule has 0 saturated carbocycles. The van der Waals surface area contributed by atoms with E-state index >= 15 is 0 Å². The summed E-state index contributed by atoms with van der Waals surface area (Å²) in [6.45, 7) is 0. The van der Waals surface area contributed by atoms with Crippen LogP contribution in [0.15, 0.2) is 53.4 Å². The van der Waals surface area contributed by atoms with Gasteiger partial charge in [-0.1, -0.05) is 36.4 Å². The fraction of sp³-hybridized carbons (Fsp3) is 0.300. The molecule has 2 N–H and O–H groups in total. The van der Waals surface area contributed by atoms with E-state index in [2.05, 4.69) is 22.8 Å². The summed E-state index contributed by atoms with van der Waals surface area (Å²) in [5, 5.41) is 5.65. The van der Waals surface area contributed by atoms with Crippen LogP contribution in [0.5, 0.6) is 0 Å². The third-order valence-corrected chi connectivity index (χ3v) is 6.06. The van der Waals surface area contributed by atoms with Gasteiger partial charge in [0, 0.05) is 11.3 Å². The normalized spacial score (nSPS) is 21.7. The molecule has 1 heterocycles. The van der Waals surface area contributed by atoms with Crippen LogP contribution in [-0.4, -0.2) is 17.1 Å². The smallest absolute Gasteiger partial charge is 0.238 e. The largest absolute Gasteiger partial charge is 0.349 e. The molecule has 2 aromatic rings. The van der Waals surface area contributed by atoms with Crippen LogP contribution in [0.4, 0.5) is 5.69 Å². The second kappa shape index (κ2) is 6.92. The fourth-order valence-corrected chi connectivity index (χ4v) is 4.66. The van der Waals surface area contributed by atoms with Gasteiger partial charge in [0.2, 0.25) is 11.8 Å². The Morgan fingerprint density at radius 3 is 2.88 bits per heavy atom. The number of rotatable bonds is 3. The van der Waals surface area contributed by atoms with E-state index < -0.39 is 0 Å². The van der Waals surface area contributed by atoms with Gasteiger partial charge in [0.1, 0.15) is 0 Å². The molecule has 0 fully saturated rings. The van der Waals surface area contributed by atoms with Crippen LogP contribution in [0.2, 0.25) is 0 Å². The number of benzene rings is 2. The van der Waals surface area contributed by atoms with Crippen molar-refractivity contribution in [2.45, 2.75) is 41.9 Å². The number of para-hydroxylation sites is 1.